The SMILES string of the molecule is Cc1ccc(Nc2cc(N3CCCCC3)nc(N(C)CCC3=CNCC4=C3C=CC3CC43)n2)cc1. The van der Waals surface area contributed by atoms with Crippen LogP contribution in [0, 0.1) is 18.8 Å². The van der Waals surface area contributed by atoms with E-state index in [2.05, 4.69) is 83.1 Å². The van der Waals surface area contributed by atoms with Crippen LogP contribution in [0.25, 0.3) is 0 Å². The molecule has 0 spiro atoms. The standard InChI is InChI=1S/C29H36N6/c1-20-6-9-23(10-7-20)31-27-17-28(35-13-4-3-5-14-35)33-29(32-27)34(2)15-12-22-18-30-19-26-24(22)11-8-21-16-25(21)26/h6-11,17-18,21,25,30H,3-5,12-16,19H2,1-2H3,(H,31,32,33). The van der Waals surface area contributed by atoms with Crippen molar-refractivity contribution in [3.8, 4) is 0 Å². The van der Waals surface area contributed by atoms with Gasteiger partial charge in [-0.05, 0) is 79.7 Å². The maximum absolute atomic E-state index is 5.02. The predicted octanol–water partition coefficient (Wildman–Crippen LogP) is 5.33. The highest BCUT2D eigenvalue weighted by Gasteiger charge is 2.41. The molecule has 35 heavy (non-hydrogen) atoms. The van der Waals surface area contributed by atoms with Gasteiger partial charge < -0.3 is 20.4 Å². The van der Waals surface area contributed by atoms with Crippen molar-refractivity contribution in [2.24, 2.45) is 11.8 Å². The summed E-state index contributed by atoms with van der Waals surface area (Å²) >= 11 is 0. The number of aryl methyl sites for hydroxylation is 1. The predicted molar refractivity (Wildman–Crippen MR) is 144 cm³/mol. The van der Waals surface area contributed by atoms with E-state index < -0.39 is 0 Å². The average Bonchev–Trinajstić information content (AvgIpc) is 3.69. The molecule has 6 rings (SSSR count). The van der Waals surface area contributed by atoms with Crippen LogP contribution in [0.1, 0.15) is 37.7 Å². The van der Waals surface area contributed by atoms with E-state index in [1.165, 1.54) is 42.4 Å². The number of benzene rings is 1. The molecule has 6 heteroatoms. The summed E-state index contributed by atoms with van der Waals surface area (Å²) in [6, 6.07) is 10.6. The van der Waals surface area contributed by atoms with Crippen LogP contribution in [0.4, 0.5) is 23.3 Å². The lowest BCUT2D eigenvalue weighted by atomic mass is 9.89. The van der Waals surface area contributed by atoms with Crippen LogP contribution >= 0.6 is 0 Å². The molecule has 0 radical (unpaired) electrons. The molecule has 0 amide bonds. The first-order valence-electron chi connectivity index (χ1n) is 13.2. The first-order chi connectivity index (χ1) is 17.1. The van der Waals surface area contributed by atoms with E-state index in [0.29, 0.717) is 0 Å². The summed E-state index contributed by atoms with van der Waals surface area (Å²) in [6.45, 7) is 6.12. The maximum Gasteiger partial charge on any atom is 0.229 e. The highest BCUT2D eigenvalue weighted by atomic mass is 15.3. The number of anilines is 4. The molecule has 1 aromatic heterocycles. The van der Waals surface area contributed by atoms with Crippen molar-refractivity contribution in [3.63, 3.8) is 0 Å². The number of hydrogen-bond donors (Lipinski definition) is 2. The summed E-state index contributed by atoms with van der Waals surface area (Å²) in [5, 5.41) is 7.04. The number of fused-ring (bicyclic) bond motifs is 2. The van der Waals surface area contributed by atoms with Crippen molar-refractivity contribution in [2.75, 3.05) is 48.3 Å². The van der Waals surface area contributed by atoms with Gasteiger partial charge in [-0.1, -0.05) is 29.8 Å². The van der Waals surface area contributed by atoms with E-state index in [-0.39, 0.29) is 0 Å². The second kappa shape index (κ2) is 9.40. The van der Waals surface area contributed by atoms with Crippen LogP contribution in [0.3, 0.4) is 0 Å². The first-order valence-corrected chi connectivity index (χ1v) is 13.2. The Morgan fingerprint density at radius 2 is 1.94 bits per heavy atom. The third-order valence-corrected chi connectivity index (χ3v) is 7.82. The normalized spacial score (nSPS) is 22.7. The quantitative estimate of drug-likeness (QED) is 0.572. The molecule has 182 valence electrons. The van der Waals surface area contributed by atoms with Crippen LogP contribution in [0.15, 0.2) is 65.4 Å². The zero-order chi connectivity index (χ0) is 23.8. The van der Waals surface area contributed by atoms with Gasteiger partial charge in [0.25, 0.3) is 0 Å². The van der Waals surface area contributed by atoms with Gasteiger partial charge in [0.2, 0.25) is 5.95 Å². The van der Waals surface area contributed by atoms with Crippen molar-refractivity contribution in [3.05, 3.63) is 71.0 Å². The number of dihydropyridines is 1. The fourth-order valence-electron chi connectivity index (χ4n) is 5.58. The molecular formula is C29H36N6. The Balaban J connectivity index is 1.21. The first kappa shape index (κ1) is 22.2. The summed E-state index contributed by atoms with van der Waals surface area (Å²) in [7, 11) is 2.12. The average molecular weight is 469 g/mol. The van der Waals surface area contributed by atoms with Crippen molar-refractivity contribution in [2.45, 2.75) is 39.0 Å². The Hall–Kier alpha value is -3.28. The molecule has 1 aromatic carbocycles. The van der Waals surface area contributed by atoms with Gasteiger partial charge in [-0.25, -0.2) is 0 Å². The summed E-state index contributed by atoms with van der Waals surface area (Å²) in [6.07, 6.45) is 13.1. The van der Waals surface area contributed by atoms with E-state index in [4.69, 9.17) is 9.97 Å². The molecule has 2 aromatic rings. The largest absolute Gasteiger partial charge is 0.387 e. The molecule has 0 bridgehead atoms. The molecule has 1 saturated carbocycles. The summed E-state index contributed by atoms with van der Waals surface area (Å²) in [4.78, 5) is 14.6. The number of nitrogens with one attached hydrogen (secondary N) is 2. The van der Waals surface area contributed by atoms with Crippen molar-refractivity contribution < 1.29 is 0 Å². The third kappa shape index (κ3) is 4.79. The molecule has 2 fully saturated rings. The molecule has 2 aliphatic heterocycles. The van der Waals surface area contributed by atoms with Gasteiger partial charge >= 0.3 is 0 Å². The molecule has 2 aliphatic carbocycles. The molecule has 4 aliphatic rings. The summed E-state index contributed by atoms with van der Waals surface area (Å²) < 4.78 is 0. The van der Waals surface area contributed by atoms with Gasteiger partial charge in [0.1, 0.15) is 11.6 Å². The van der Waals surface area contributed by atoms with Gasteiger partial charge in [0.15, 0.2) is 0 Å². The molecule has 2 unspecified atom stereocenters. The zero-order valence-corrected chi connectivity index (χ0v) is 20.9. The Bertz CT molecular complexity index is 1170. The number of hydrogen-bond acceptors (Lipinski definition) is 6. The van der Waals surface area contributed by atoms with Gasteiger partial charge in [-0.3, -0.25) is 0 Å². The minimum Gasteiger partial charge on any atom is -0.387 e. The lowest BCUT2D eigenvalue weighted by Crippen LogP contribution is -2.31. The Morgan fingerprint density at radius 1 is 1.11 bits per heavy atom. The monoisotopic (exact) mass is 468 g/mol. The lowest BCUT2D eigenvalue weighted by Gasteiger charge is -2.29. The minimum atomic E-state index is 0.780. The molecule has 6 nitrogen and oxygen atoms in total. The Labute approximate surface area is 208 Å². The summed E-state index contributed by atoms with van der Waals surface area (Å²) in [5.74, 6) is 4.23. The van der Waals surface area contributed by atoms with E-state index in [0.717, 1.165) is 67.7 Å². The molecule has 2 N–H and O–H groups in total. The molecular weight excluding hydrogens is 432 g/mol. The summed E-state index contributed by atoms with van der Waals surface area (Å²) in [5.41, 5.74) is 6.80. The Morgan fingerprint density at radius 3 is 2.77 bits per heavy atom. The molecule has 3 heterocycles. The van der Waals surface area contributed by atoms with Crippen LogP contribution in [0.5, 0.6) is 0 Å². The smallest absolute Gasteiger partial charge is 0.229 e. The van der Waals surface area contributed by atoms with Crippen LogP contribution in [-0.2, 0) is 0 Å². The number of allylic oxidation sites excluding steroid dienone is 3. The van der Waals surface area contributed by atoms with Gasteiger partial charge in [-0.15, -0.1) is 0 Å². The van der Waals surface area contributed by atoms with E-state index in [9.17, 15) is 0 Å². The second-order valence-electron chi connectivity index (χ2n) is 10.5. The number of piperidine rings is 1. The molecule has 2 atom stereocenters. The fraction of sp³-hybridized carbons (Fsp3) is 0.448. The fourth-order valence-corrected chi connectivity index (χ4v) is 5.58. The van der Waals surface area contributed by atoms with Crippen LogP contribution < -0.4 is 20.4 Å². The van der Waals surface area contributed by atoms with E-state index >= 15 is 0 Å². The van der Waals surface area contributed by atoms with Gasteiger partial charge in [-0.2, -0.15) is 9.97 Å². The maximum atomic E-state index is 5.02. The van der Waals surface area contributed by atoms with E-state index in [1.807, 2.05) is 0 Å². The highest BCUT2D eigenvalue weighted by Crippen LogP contribution is 2.50. The topological polar surface area (TPSA) is 56.3 Å². The third-order valence-electron chi connectivity index (χ3n) is 7.82. The molecule has 1 saturated heterocycles. The number of nitrogens with zero attached hydrogens (tertiary/aromatic N) is 4. The number of rotatable bonds is 7. The van der Waals surface area contributed by atoms with Gasteiger partial charge in [0.05, 0.1) is 0 Å². The highest BCUT2D eigenvalue weighted by molar-refractivity contribution is 5.62. The zero-order valence-electron chi connectivity index (χ0n) is 20.9. The number of aromatic nitrogens is 2. The van der Waals surface area contributed by atoms with Crippen molar-refractivity contribution in [1.82, 2.24) is 15.3 Å². The van der Waals surface area contributed by atoms with Gasteiger partial charge in [0, 0.05) is 51.2 Å². The van der Waals surface area contributed by atoms with Crippen molar-refractivity contribution in [1.29, 1.82) is 0 Å². The van der Waals surface area contributed by atoms with Crippen molar-refractivity contribution >= 4 is 23.3 Å². The Kier molecular flexibility index (Phi) is 5.96. The lowest BCUT2D eigenvalue weighted by molar-refractivity contribution is 0.573. The van der Waals surface area contributed by atoms with E-state index in [1.54, 1.807) is 5.57 Å². The second-order valence-corrected chi connectivity index (χ2v) is 10.5. The van der Waals surface area contributed by atoms with Crippen LogP contribution in [0.2, 0.25) is 0 Å². The minimum absolute atomic E-state index is 0.780. The van der Waals surface area contributed by atoms with Crippen LogP contribution in [-0.4, -0.2) is 43.2 Å².